The predicted octanol–water partition coefficient (Wildman–Crippen LogP) is 1.86. The number of nitrogens with one attached hydrogen (secondary N) is 1. The van der Waals surface area contributed by atoms with Crippen LogP contribution in [0, 0.1) is 12.3 Å². The summed E-state index contributed by atoms with van der Waals surface area (Å²) >= 11 is 3.48. The first-order chi connectivity index (χ1) is 9.43. The van der Waals surface area contributed by atoms with Crippen LogP contribution in [0.1, 0.15) is 19.4 Å². The number of halogens is 1. The van der Waals surface area contributed by atoms with Gasteiger partial charge in [0.15, 0.2) is 6.10 Å². The van der Waals surface area contributed by atoms with Crippen molar-refractivity contribution in [1.82, 2.24) is 5.32 Å². The molecule has 20 heavy (non-hydrogen) atoms. The molecule has 0 aromatic heterocycles. The lowest BCUT2D eigenvalue weighted by Crippen LogP contribution is -2.36. The fraction of sp³-hybridized carbons (Fsp3) is 0.400. The summed E-state index contributed by atoms with van der Waals surface area (Å²) in [7, 11) is 0. The Labute approximate surface area is 128 Å². The van der Waals surface area contributed by atoms with Gasteiger partial charge in [-0.15, -0.1) is 6.42 Å². The number of rotatable bonds is 6. The van der Waals surface area contributed by atoms with Gasteiger partial charge in [0.05, 0.1) is 6.54 Å². The number of carbonyl (C=O) groups excluding carboxylic acids is 1. The van der Waals surface area contributed by atoms with Crippen LogP contribution in [-0.2, 0) is 11.2 Å². The molecule has 0 spiro atoms. The first-order valence-electron chi connectivity index (χ1n) is 6.36. The summed E-state index contributed by atoms with van der Waals surface area (Å²) in [4.78, 5) is 11.7. The van der Waals surface area contributed by atoms with E-state index in [4.69, 9.17) is 16.9 Å². The minimum atomic E-state index is -0.604. The molecule has 1 rings (SSSR count). The highest BCUT2D eigenvalue weighted by Gasteiger charge is 2.14. The fourth-order valence-corrected chi connectivity index (χ4v) is 2.08. The van der Waals surface area contributed by atoms with Gasteiger partial charge in [-0.3, -0.25) is 4.79 Å². The number of benzene rings is 1. The van der Waals surface area contributed by atoms with Crippen molar-refractivity contribution in [1.29, 1.82) is 0 Å². The summed E-state index contributed by atoms with van der Waals surface area (Å²) in [5.74, 6) is 2.74. The molecule has 0 radical (unpaired) electrons. The van der Waals surface area contributed by atoms with E-state index in [2.05, 4.69) is 27.2 Å². The maximum atomic E-state index is 11.7. The standard InChI is InChI=1S/C15H19BrN2O2/c1-4-7-18-15(19)11(3)20-13-5-6-14(16)12(9-13)8-10(2)17/h1,5-6,9-11H,7-8,17H2,2-3H3,(H,18,19). The predicted molar refractivity (Wildman–Crippen MR) is 83.4 cm³/mol. The van der Waals surface area contributed by atoms with Crippen LogP contribution < -0.4 is 15.8 Å². The summed E-state index contributed by atoms with van der Waals surface area (Å²) in [6.07, 6.45) is 5.22. The maximum Gasteiger partial charge on any atom is 0.261 e. The molecule has 0 fully saturated rings. The van der Waals surface area contributed by atoms with Crippen LogP contribution >= 0.6 is 15.9 Å². The van der Waals surface area contributed by atoms with Crippen LogP contribution in [0.4, 0.5) is 0 Å². The number of carbonyl (C=O) groups is 1. The van der Waals surface area contributed by atoms with E-state index in [0.717, 1.165) is 16.5 Å². The van der Waals surface area contributed by atoms with E-state index < -0.39 is 6.10 Å². The number of terminal acetylenes is 1. The van der Waals surface area contributed by atoms with Crippen LogP contribution in [0.3, 0.4) is 0 Å². The second kappa shape index (κ2) is 7.93. The number of nitrogens with two attached hydrogens (primary N) is 1. The number of amides is 1. The van der Waals surface area contributed by atoms with E-state index in [0.29, 0.717) is 5.75 Å². The molecule has 0 bridgehead atoms. The molecular formula is C15H19BrN2O2. The molecule has 2 atom stereocenters. The van der Waals surface area contributed by atoms with Crippen molar-refractivity contribution in [2.24, 2.45) is 5.73 Å². The third kappa shape index (κ3) is 5.24. The zero-order valence-corrected chi connectivity index (χ0v) is 13.2. The van der Waals surface area contributed by atoms with Crippen LogP contribution in [0.25, 0.3) is 0 Å². The second-order valence-corrected chi connectivity index (χ2v) is 5.47. The molecule has 5 heteroatoms. The molecule has 1 aromatic carbocycles. The molecular weight excluding hydrogens is 320 g/mol. The SMILES string of the molecule is C#CCNC(=O)C(C)Oc1ccc(Br)c(CC(C)N)c1. The number of hydrogen-bond donors (Lipinski definition) is 2. The fourth-order valence-electron chi connectivity index (χ4n) is 1.67. The quantitative estimate of drug-likeness (QED) is 0.778. The molecule has 0 saturated heterocycles. The van der Waals surface area contributed by atoms with Gasteiger partial charge in [-0.2, -0.15) is 0 Å². The Hall–Kier alpha value is -1.51. The van der Waals surface area contributed by atoms with Crippen molar-refractivity contribution < 1.29 is 9.53 Å². The zero-order chi connectivity index (χ0) is 15.1. The van der Waals surface area contributed by atoms with Gasteiger partial charge in [0.25, 0.3) is 5.91 Å². The van der Waals surface area contributed by atoms with Crippen LogP contribution in [-0.4, -0.2) is 24.6 Å². The monoisotopic (exact) mass is 338 g/mol. The first-order valence-corrected chi connectivity index (χ1v) is 7.15. The first kappa shape index (κ1) is 16.5. The Morgan fingerprint density at radius 2 is 2.25 bits per heavy atom. The summed E-state index contributed by atoms with van der Waals surface area (Å²) < 4.78 is 6.59. The van der Waals surface area contributed by atoms with Gasteiger partial charge in [-0.05, 0) is 44.0 Å². The molecule has 108 valence electrons. The highest BCUT2D eigenvalue weighted by atomic mass is 79.9. The number of ether oxygens (including phenoxy) is 1. The minimum absolute atomic E-state index is 0.0536. The molecule has 2 unspecified atom stereocenters. The van der Waals surface area contributed by atoms with Crippen molar-refractivity contribution in [3.63, 3.8) is 0 Å². The third-order valence-electron chi connectivity index (χ3n) is 2.61. The molecule has 3 N–H and O–H groups in total. The van der Waals surface area contributed by atoms with Gasteiger partial charge in [-0.25, -0.2) is 0 Å². The summed E-state index contributed by atoms with van der Waals surface area (Å²) in [5.41, 5.74) is 6.85. The van der Waals surface area contributed by atoms with E-state index in [1.165, 1.54) is 0 Å². The Morgan fingerprint density at radius 3 is 2.85 bits per heavy atom. The van der Waals surface area contributed by atoms with Crippen LogP contribution in [0.5, 0.6) is 5.75 Å². The lowest BCUT2D eigenvalue weighted by Gasteiger charge is -2.16. The zero-order valence-electron chi connectivity index (χ0n) is 11.7. The van der Waals surface area contributed by atoms with Crippen molar-refractivity contribution in [2.45, 2.75) is 32.4 Å². The molecule has 1 aromatic rings. The smallest absolute Gasteiger partial charge is 0.261 e. The summed E-state index contributed by atoms with van der Waals surface area (Å²) in [5, 5.41) is 2.58. The van der Waals surface area contributed by atoms with E-state index in [1.807, 2.05) is 19.1 Å². The van der Waals surface area contributed by atoms with Gasteiger partial charge in [0, 0.05) is 10.5 Å². The Morgan fingerprint density at radius 1 is 1.55 bits per heavy atom. The Bertz CT molecular complexity index is 509. The number of hydrogen-bond acceptors (Lipinski definition) is 3. The van der Waals surface area contributed by atoms with Gasteiger partial charge in [0.1, 0.15) is 5.75 Å². The van der Waals surface area contributed by atoms with Gasteiger partial charge < -0.3 is 15.8 Å². The van der Waals surface area contributed by atoms with E-state index in [1.54, 1.807) is 13.0 Å². The molecule has 0 heterocycles. The Balaban J connectivity index is 2.73. The minimum Gasteiger partial charge on any atom is -0.481 e. The van der Waals surface area contributed by atoms with Crippen molar-refractivity contribution in [3.05, 3.63) is 28.2 Å². The lowest BCUT2D eigenvalue weighted by molar-refractivity contribution is -0.126. The molecule has 0 aliphatic carbocycles. The summed E-state index contributed by atoms with van der Waals surface area (Å²) in [6, 6.07) is 5.63. The van der Waals surface area contributed by atoms with Crippen molar-refractivity contribution in [3.8, 4) is 18.1 Å². The molecule has 0 saturated carbocycles. The summed E-state index contributed by atoms with van der Waals surface area (Å²) in [6.45, 7) is 3.82. The molecule has 1 amide bonds. The molecule has 4 nitrogen and oxygen atoms in total. The van der Waals surface area contributed by atoms with E-state index >= 15 is 0 Å². The Kier molecular flexibility index (Phi) is 6.56. The van der Waals surface area contributed by atoms with E-state index in [9.17, 15) is 4.79 Å². The van der Waals surface area contributed by atoms with Crippen molar-refractivity contribution in [2.75, 3.05) is 6.54 Å². The topological polar surface area (TPSA) is 64.3 Å². The van der Waals surface area contributed by atoms with Crippen LogP contribution in [0.15, 0.2) is 22.7 Å². The van der Waals surface area contributed by atoms with Crippen LogP contribution in [0.2, 0.25) is 0 Å². The van der Waals surface area contributed by atoms with Gasteiger partial charge >= 0.3 is 0 Å². The normalized spacial score (nSPS) is 13.2. The largest absolute Gasteiger partial charge is 0.481 e. The average molecular weight is 339 g/mol. The average Bonchev–Trinajstić information content (AvgIpc) is 2.39. The third-order valence-corrected chi connectivity index (χ3v) is 3.38. The maximum absolute atomic E-state index is 11.7. The van der Waals surface area contributed by atoms with Gasteiger partial charge in [0.2, 0.25) is 0 Å². The lowest BCUT2D eigenvalue weighted by atomic mass is 10.1. The van der Waals surface area contributed by atoms with E-state index in [-0.39, 0.29) is 18.5 Å². The van der Waals surface area contributed by atoms with Crippen molar-refractivity contribution >= 4 is 21.8 Å². The molecule has 0 aliphatic heterocycles. The highest BCUT2D eigenvalue weighted by Crippen LogP contribution is 2.24. The highest BCUT2D eigenvalue weighted by molar-refractivity contribution is 9.10. The second-order valence-electron chi connectivity index (χ2n) is 4.62. The molecule has 0 aliphatic rings. The van der Waals surface area contributed by atoms with Gasteiger partial charge in [-0.1, -0.05) is 21.9 Å².